The molecule has 0 spiro atoms. The molecule has 234 valence electrons. The molecule has 3 aliphatic rings. The second-order valence-electron chi connectivity index (χ2n) is 11.9. The molecule has 2 unspecified atom stereocenters. The number of hydrogen-bond acceptors (Lipinski definition) is 6. The first kappa shape index (κ1) is 32.9. The number of benzene rings is 1. The molecule has 0 radical (unpaired) electrons. The summed E-state index contributed by atoms with van der Waals surface area (Å²) in [7, 11) is 0. The van der Waals surface area contributed by atoms with E-state index in [0.29, 0.717) is 19.4 Å². The number of unbranched alkanes of at least 4 members (excludes halogenated alkanes) is 1. The Balaban J connectivity index is 1.42. The Morgan fingerprint density at radius 2 is 1.83 bits per heavy atom. The number of aliphatic hydroxyl groups is 1. The van der Waals surface area contributed by atoms with Crippen LogP contribution in [0.5, 0.6) is 0 Å². The number of carbonyl (C=O) groups is 1. The van der Waals surface area contributed by atoms with Gasteiger partial charge in [-0.1, -0.05) is 54.6 Å². The number of ether oxygens (including phenoxy) is 4. The van der Waals surface area contributed by atoms with Crippen molar-refractivity contribution in [3.8, 4) is 0 Å². The Bertz CT molecular complexity index is 940. The summed E-state index contributed by atoms with van der Waals surface area (Å²) in [4.78, 5) is 11.7. The Hall–Kier alpha value is -2.03. The maximum atomic E-state index is 11.7. The van der Waals surface area contributed by atoms with Crippen LogP contribution in [0.25, 0.3) is 0 Å². The van der Waals surface area contributed by atoms with Crippen molar-refractivity contribution in [2.75, 3.05) is 19.8 Å². The van der Waals surface area contributed by atoms with Gasteiger partial charge in [0.05, 0.1) is 18.3 Å². The third-order valence-corrected chi connectivity index (χ3v) is 8.65. The number of aliphatic hydroxyl groups excluding tert-OH is 1. The summed E-state index contributed by atoms with van der Waals surface area (Å²) in [6, 6.07) is 10.5. The van der Waals surface area contributed by atoms with E-state index in [1.165, 1.54) is 5.56 Å². The van der Waals surface area contributed by atoms with Gasteiger partial charge < -0.3 is 29.4 Å². The minimum absolute atomic E-state index is 0.0511. The number of rotatable bonds is 16. The number of nitrogens with one attached hydrogen (secondary N) is 1. The summed E-state index contributed by atoms with van der Waals surface area (Å²) in [6.45, 7) is 4.10. The zero-order valence-corrected chi connectivity index (χ0v) is 25.5. The molecular formula is C35H53NO6. The predicted octanol–water partition coefficient (Wildman–Crippen LogP) is 6.25. The van der Waals surface area contributed by atoms with Crippen LogP contribution in [0.3, 0.4) is 0 Å². The molecule has 2 heterocycles. The zero-order valence-electron chi connectivity index (χ0n) is 25.5. The Labute approximate surface area is 253 Å². The molecule has 0 aromatic heterocycles. The van der Waals surface area contributed by atoms with Gasteiger partial charge in [0.15, 0.2) is 12.6 Å². The van der Waals surface area contributed by atoms with Crippen molar-refractivity contribution < 1.29 is 28.8 Å². The van der Waals surface area contributed by atoms with E-state index in [4.69, 9.17) is 18.9 Å². The third-order valence-electron chi connectivity index (χ3n) is 8.65. The van der Waals surface area contributed by atoms with Crippen molar-refractivity contribution in [3.05, 3.63) is 60.2 Å². The highest BCUT2D eigenvalue weighted by Crippen LogP contribution is 2.39. The lowest BCUT2D eigenvalue weighted by Gasteiger charge is -2.30. The van der Waals surface area contributed by atoms with Crippen LogP contribution in [-0.4, -0.2) is 61.7 Å². The Morgan fingerprint density at radius 3 is 2.55 bits per heavy atom. The second-order valence-corrected chi connectivity index (χ2v) is 11.9. The van der Waals surface area contributed by atoms with Crippen molar-refractivity contribution in [1.82, 2.24) is 5.32 Å². The van der Waals surface area contributed by atoms with E-state index in [1.807, 2.05) is 13.0 Å². The number of hydrogen-bond donors (Lipinski definition) is 2. The maximum absolute atomic E-state index is 11.7. The van der Waals surface area contributed by atoms with Crippen molar-refractivity contribution in [2.24, 2.45) is 11.8 Å². The lowest BCUT2D eigenvalue weighted by Crippen LogP contribution is -2.31. The molecular weight excluding hydrogens is 530 g/mol. The van der Waals surface area contributed by atoms with Gasteiger partial charge in [-0.3, -0.25) is 4.79 Å². The van der Waals surface area contributed by atoms with Gasteiger partial charge >= 0.3 is 0 Å². The van der Waals surface area contributed by atoms with Gasteiger partial charge in [0.25, 0.3) is 0 Å². The molecule has 7 heteroatoms. The van der Waals surface area contributed by atoms with Crippen molar-refractivity contribution in [2.45, 2.75) is 121 Å². The van der Waals surface area contributed by atoms with Gasteiger partial charge in [-0.05, 0) is 89.0 Å². The van der Waals surface area contributed by atoms with E-state index in [2.05, 4.69) is 53.9 Å². The average molecular weight is 584 g/mol. The van der Waals surface area contributed by atoms with E-state index in [9.17, 15) is 9.90 Å². The van der Waals surface area contributed by atoms with Crippen LogP contribution in [-0.2, 0) is 30.2 Å². The number of aryl methyl sites for hydroxylation is 1. The minimum atomic E-state index is -0.446. The summed E-state index contributed by atoms with van der Waals surface area (Å²) >= 11 is 0. The summed E-state index contributed by atoms with van der Waals surface area (Å²) in [6.07, 6.45) is 19.4. The zero-order chi connectivity index (χ0) is 29.4. The van der Waals surface area contributed by atoms with Gasteiger partial charge in [-0.2, -0.15) is 0 Å². The predicted molar refractivity (Wildman–Crippen MR) is 165 cm³/mol. The van der Waals surface area contributed by atoms with E-state index in [-0.39, 0.29) is 42.5 Å². The Morgan fingerprint density at radius 1 is 1.07 bits per heavy atom. The maximum Gasteiger partial charge on any atom is 0.219 e. The van der Waals surface area contributed by atoms with Crippen LogP contribution in [0.2, 0.25) is 0 Å². The highest BCUT2D eigenvalue weighted by atomic mass is 16.7. The molecule has 3 fully saturated rings. The minimum Gasteiger partial charge on any atom is -0.393 e. The van der Waals surface area contributed by atoms with Crippen LogP contribution >= 0.6 is 0 Å². The van der Waals surface area contributed by atoms with Gasteiger partial charge in [0, 0.05) is 38.5 Å². The van der Waals surface area contributed by atoms with Crippen LogP contribution < -0.4 is 5.32 Å². The topological polar surface area (TPSA) is 86.3 Å². The molecule has 1 amide bonds. The fourth-order valence-corrected chi connectivity index (χ4v) is 6.31. The molecule has 1 saturated carbocycles. The first-order valence-corrected chi connectivity index (χ1v) is 16.5. The molecule has 2 saturated heterocycles. The number of allylic oxidation sites excluding steroid dienone is 2. The smallest absolute Gasteiger partial charge is 0.219 e. The van der Waals surface area contributed by atoms with Crippen molar-refractivity contribution in [3.63, 3.8) is 0 Å². The largest absolute Gasteiger partial charge is 0.393 e. The highest BCUT2D eigenvalue weighted by molar-refractivity contribution is 5.75. The molecule has 7 nitrogen and oxygen atoms in total. The van der Waals surface area contributed by atoms with Crippen molar-refractivity contribution >= 4 is 5.91 Å². The standard InChI is InChI=1S/C35H53NO6/c1-2-36-33(38)17-9-4-3-8-16-29-30(32(26-31(29)37)42-35-19-11-13-25-40-35)23-22-28(41-34-18-10-12-24-39-34)21-20-27-14-6-5-7-15-27/h3,5-8,14-15,22-23,28-32,34-35,37H,2,4,9-13,16-21,24-26H2,1H3,(H,36,38)/t28-,29+,30+,31-,32+,34?,35?/m0/s1. The molecule has 1 aromatic carbocycles. The summed E-state index contributed by atoms with van der Waals surface area (Å²) in [5.41, 5.74) is 1.30. The van der Waals surface area contributed by atoms with Crippen LogP contribution in [0.4, 0.5) is 0 Å². The number of amides is 1. The van der Waals surface area contributed by atoms with Gasteiger partial charge in [0.1, 0.15) is 0 Å². The van der Waals surface area contributed by atoms with Gasteiger partial charge in [0.2, 0.25) is 5.91 Å². The number of carbonyl (C=O) groups excluding carboxylic acids is 1. The first-order valence-electron chi connectivity index (χ1n) is 16.5. The van der Waals surface area contributed by atoms with E-state index < -0.39 is 6.10 Å². The molecule has 2 N–H and O–H groups in total. The molecule has 7 atom stereocenters. The fourth-order valence-electron chi connectivity index (χ4n) is 6.31. The van der Waals surface area contributed by atoms with E-state index in [0.717, 1.165) is 83.8 Å². The molecule has 4 rings (SSSR count). The SMILES string of the molecule is CCNC(=O)CCCC=CC[C@@H]1[C@@H](C=C[C@H](CCc2ccccc2)OC2CCCCO2)[C@H](OC2CCCCO2)C[C@@H]1O. The molecule has 2 aliphatic heterocycles. The monoisotopic (exact) mass is 583 g/mol. The summed E-state index contributed by atoms with van der Waals surface area (Å²) in [5, 5.41) is 14.0. The van der Waals surface area contributed by atoms with Crippen LogP contribution in [0.15, 0.2) is 54.6 Å². The van der Waals surface area contributed by atoms with Gasteiger partial charge in [-0.15, -0.1) is 0 Å². The normalized spacial score (nSPS) is 29.3. The molecule has 1 aromatic rings. The average Bonchev–Trinajstić information content (AvgIpc) is 3.30. The van der Waals surface area contributed by atoms with Crippen LogP contribution in [0, 0.1) is 11.8 Å². The summed E-state index contributed by atoms with van der Waals surface area (Å²) < 4.78 is 24.9. The summed E-state index contributed by atoms with van der Waals surface area (Å²) in [5.74, 6) is 0.214. The second kappa shape index (κ2) is 18.6. The Kier molecular flexibility index (Phi) is 14.6. The fraction of sp³-hybridized carbons (Fsp3) is 0.686. The van der Waals surface area contributed by atoms with Gasteiger partial charge in [-0.25, -0.2) is 0 Å². The molecule has 1 aliphatic carbocycles. The first-order chi connectivity index (χ1) is 20.6. The molecule has 42 heavy (non-hydrogen) atoms. The third kappa shape index (κ3) is 11.2. The lowest BCUT2D eigenvalue weighted by atomic mass is 9.89. The van der Waals surface area contributed by atoms with E-state index in [1.54, 1.807) is 0 Å². The van der Waals surface area contributed by atoms with Crippen LogP contribution in [0.1, 0.15) is 89.5 Å². The highest BCUT2D eigenvalue weighted by Gasteiger charge is 2.42. The lowest BCUT2D eigenvalue weighted by molar-refractivity contribution is -0.193. The quantitative estimate of drug-likeness (QED) is 0.177. The van der Waals surface area contributed by atoms with Crippen molar-refractivity contribution in [1.29, 1.82) is 0 Å². The van der Waals surface area contributed by atoms with E-state index >= 15 is 0 Å². The molecule has 0 bridgehead atoms.